The first kappa shape index (κ1) is 11.5. The van der Waals surface area contributed by atoms with Crippen LogP contribution >= 0.6 is 11.3 Å². The van der Waals surface area contributed by atoms with Crippen molar-refractivity contribution in [3.8, 4) is 5.75 Å². The monoisotopic (exact) mass is 249 g/mol. The second-order valence-electron chi connectivity index (χ2n) is 3.16. The third kappa shape index (κ3) is 3.01. The summed E-state index contributed by atoms with van der Waals surface area (Å²) in [6.45, 7) is 2.52. The molecule has 0 fully saturated rings. The Kier molecular flexibility index (Phi) is 3.66. The highest BCUT2D eigenvalue weighted by Gasteiger charge is 2.07. The van der Waals surface area contributed by atoms with Gasteiger partial charge in [-0.1, -0.05) is 11.3 Å². The summed E-state index contributed by atoms with van der Waals surface area (Å²) >= 11 is 1.28. The molecule has 0 atom stereocenters. The number of hydrogen-bond donors (Lipinski definition) is 1. The number of benzene rings is 1. The number of nitrogens with zero attached hydrogens (tertiary/aromatic N) is 2. The van der Waals surface area contributed by atoms with Gasteiger partial charge in [-0.2, -0.15) is 0 Å². The SMILES string of the molecule is CCOc1ccc(C(=O)Nc2nncs2)cc1. The predicted molar refractivity (Wildman–Crippen MR) is 65.5 cm³/mol. The van der Waals surface area contributed by atoms with E-state index in [-0.39, 0.29) is 5.91 Å². The maximum Gasteiger partial charge on any atom is 0.257 e. The molecule has 5 nitrogen and oxygen atoms in total. The molecule has 1 heterocycles. The normalized spacial score (nSPS) is 9.94. The molecule has 0 radical (unpaired) electrons. The molecule has 0 saturated carbocycles. The smallest absolute Gasteiger partial charge is 0.257 e. The van der Waals surface area contributed by atoms with Crippen LogP contribution in [-0.2, 0) is 0 Å². The van der Waals surface area contributed by atoms with E-state index in [1.54, 1.807) is 29.8 Å². The quantitative estimate of drug-likeness (QED) is 0.902. The highest BCUT2D eigenvalue weighted by molar-refractivity contribution is 7.13. The summed E-state index contributed by atoms with van der Waals surface area (Å²) in [4.78, 5) is 11.8. The first-order valence-electron chi connectivity index (χ1n) is 5.10. The van der Waals surface area contributed by atoms with E-state index >= 15 is 0 Å². The molecule has 0 aliphatic rings. The van der Waals surface area contributed by atoms with Gasteiger partial charge in [-0.15, -0.1) is 10.2 Å². The number of carbonyl (C=O) groups excluding carboxylic acids is 1. The lowest BCUT2D eigenvalue weighted by atomic mass is 10.2. The van der Waals surface area contributed by atoms with Crippen LogP contribution in [0.5, 0.6) is 5.75 Å². The van der Waals surface area contributed by atoms with Gasteiger partial charge in [0.05, 0.1) is 6.61 Å². The summed E-state index contributed by atoms with van der Waals surface area (Å²) in [6, 6.07) is 6.94. The molecule has 0 unspecified atom stereocenters. The number of rotatable bonds is 4. The van der Waals surface area contributed by atoms with Gasteiger partial charge in [-0.3, -0.25) is 10.1 Å². The van der Waals surface area contributed by atoms with Crippen LogP contribution in [0.25, 0.3) is 0 Å². The molecule has 0 saturated heterocycles. The maximum atomic E-state index is 11.8. The average Bonchev–Trinajstić information content (AvgIpc) is 2.83. The fourth-order valence-corrected chi connectivity index (χ4v) is 1.71. The maximum absolute atomic E-state index is 11.8. The van der Waals surface area contributed by atoms with Crippen molar-refractivity contribution in [1.29, 1.82) is 0 Å². The second kappa shape index (κ2) is 5.40. The second-order valence-corrected chi connectivity index (χ2v) is 3.99. The molecule has 88 valence electrons. The minimum atomic E-state index is -0.204. The molecular formula is C11H11N3O2S. The number of aromatic nitrogens is 2. The van der Waals surface area contributed by atoms with Gasteiger partial charge in [0.25, 0.3) is 5.91 Å². The fraction of sp³-hybridized carbons (Fsp3) is 0.182. The van der Waals surface area contributed by atoms with E-state index in [0.717, 1.165) is 5.75 Å². The Balaban J connectivity index is 2.04. The van der Waals surface area contributed by atoms with Crippen molar-refractivity contribution in [3.63, 3.8) is 0 Å². The van der Waals surface area contributed by atoms with Crippen LogP contribution in [0.15, 0.2) is 29.8 Å². The Morgan fingerprint density at radius 2 is 2.18 bits per heavy atom. The number of nitrogens with one attached hydrogen (secondary N) is 1. The van der Waals surface area contributed by atoms with E-state index in [1.165, 1.54) is 11.3 Å². The Morgan fingerprint density at radius 3 is 2.76 bits per heavy atom. The van der Waals surface area contributed by atoms with Crippen LogP contribution in [0.2, 0.25) is 0 Å². The standard InChI is InChI=1S/C11H11N3O2S/c1-2-16-9-5-3-8(4-6-9)10(15)13-11-14-12-7-17-11/h3-7H,2H2,1H3,(H,13,14,15). The molecule has 1 amide bonds. The topological polar surface area (TPSA) is 64.1 Å². The molecule has 2 aromatic rings. The lowest BCUT2D eigenvalue weighted by molar-refractivity contribution is 0.102. The van der Waals surface area contributed by atoms with E-state index < -0.39 is 0 Å². The average molecular weight is 249 g/mol. The van der Waals surface area contributed by atoms with Gasteiger partial charge in [-0.05, 0) is 31.2 Å². The first-order chi connectivity index (χ1) is 8.29. The largest absolute Gasteiger partial charge is 0.494 e. The Morgan fingerprint density at radius 1 is 1.41 bits per heavy atom. The van der Waals surface area contributed by atoms with E-state index in [9.17, 15) is 4.79 Å². The summed E-state index contributed by atoms with van der Waals surface area (Å²) in [5.74, 6) is 0.546. The van der Waals surface area contributed by atoms with Gasteiger partial charge in [0.2, 0.25) is 5.13 Å². The van der Waals surface area contributed by atoms with E-state index in [4.69, 9.17) is 4.74 Å². The van der Waals surface area contributed by atoms with Gasteiger partial charge < -0.3 is 4.74 Å². The lowest BCUT2D eigenvalue weighted by Crippen LogP contribution is -2.11. The lowest BCUT2D eigenvalue weighted by Gasteiger charge is -2.04. The number of amides is 1. The molecule has 1 N–H and O–H groups in total. The summed E-state index contributed by atoms with van der Waals surface area (Å²) < 4.78 is 5.29. The highest BCUT2D eigenvalue weighted by atomic mass is 32.1. The van der Waals surface area contributed by atoms with Gasteiger partial charge >= 0.3 is 0 Å². The van der Waals surface area contributed by atoms with Gasteiger partial charge in [0.1, 0.15) is 11.3 Å². The molecule has 6 heteroatoms. The molecule has 0 bridgehead atoms. The van der Waals surface area contributed by atoms with Gasteiger partial charge in [-0.25, -0.2) is 0 Å². The molecule has 1 aromatic carbocycles. The van der Waals surface area contributed by atoms with Crippen LogP contribution in [0.1, 0.15) is 17.3 Å². The zero-order valence-corrected chi connectivity index (χ0v) is 10.0. The molecule has 1 aromatic heterocycles. The molecular weight excluding hydrogens is 238 g/mol. The Bertz CT molecular complexity index is 482. The summed E-state index contributed by atoms with van der Waals surface area (Å²) in [7, 11) is 0. The van der Waals surface area contributed by atoms with Crippen molar-refractivity contribution in [1.82, 2.24) is 10.2 Å². The Labute approximate surface area is 102 Å². The predicted octanol–water partition coefficient (Wildman–Crippen LogP) is 2.19. The minimum absolute atomic E-state index is 0.204. The summed E-state index contributed by atoms with van der Waals surface area (Å²) in [6.07, 6.45) is 0. The van der Waals surface area contributed by atoms with Crippen molar-refractivity contribution >= 4 is 22.4 Å². The molecule has 0 aliphatic carbocycles. The highest BCUT2D eigenvalue weighted by Crippen LogP contribution is 2.14. The van der Waals surface area contributed by atoms with Crippen molar-refractivity contribution < 1.29 is 9.53 Å². The van der Waals surface area contributed by atoms with E-state index in [0.29, 0.717) is 17.3 Å². The van der Waals surface area contributed by atoms with Gasteiger partial charge in [0.15, 0.2) is 0 Å². The third-order valence-corrected chi connectivity index (χ3v) is 2.61. The number of carbonyl (C=O) groups is 1. The van der Waals surface area contributed by atoms with Crippen LogP contribution < -0.4 is 10.1 Å². The van der Waals surface area contributed by atoms with Crippen molar-refractivity contribution in [2.45, 2.75) is 6.92 Å². The van der Waals surface area contributed by atoms with Crippen LogP contribution in [-0.4, -0.2) is 22.7 Å². The molecule has 17 heavy (non-hydrogen) atoms. The number of anilines is 1. The molecule has 0 spiro atoms. The molecule has 2 rings (SSSR count). The van der Waals surface area contributed by atoms with E-state index in [2.05, 4.69) is 15.5 Å². The minimum Gasteiger partial charge on any atom is -0.494 e. The molecule has 0 aliphatic heterocycles. The van der Waals surface area contributed by atoms with Gasteiger partial charge in [0, 0.05) is 5.56 Å². The van der Waals surface area contributed by atoms with Crippen molar-refractivity contribution in [2.75, 3.05) is 11.9 Å². The van der Waals surface area contributed by atoms with Crippen molar-refractivity contribution in [2.24, 2.45) is 0 Å². The zero-order chi connectivity index (χ0) is 12.1. The van der Waals surface area contributed by atoms with Crippen LogP contribution in [0.3, 0.4) is 0 Å². The van der Waals surface area contributed by atoms with Crippen LogP contribution in [0.4, 0.5) is 5.13 Å². The van der Waals surface area contributed by atoms with Crippen molar-refractivity contribution in [3.05, 3.63) is 35.3 Å². The summed E-state index contributed by atoms with van der Waals surface area (Å²) in [5.41, 5.74) is 2.12. The van der Waals surface area contributed by atoms with E-state index in [1.807, 2.05) is 6.92 Å². The van der Waals surface area contributed by atoms with Crippen LogP contribution in [0, 0.1) is 0 Å². The fourth-order valence-electron chi connectivity index (χ4n) is 1.27. The Hall–Kier alpha value is -1.95. The summed E-state index contributed by atoms with van der Waals surface area (Å²) in [5, 5.41) is 10.5. The number of hydrogen-bond acceptors (Lipinski definition) is 5. The number of ether oxygens (including phenoxy) is 1. The third-order valence-electron chi connectivity index (χ3n) is 2.01. The zero-order valence-electron chi connectivity index (χ0n) is 9.21. The first-order valence-corrected chi connectivity index (χ1v) is 5.98.